The van der Waals surface area contributed by atoms with Crippen LogP contribution in [-0.4, -0.2) is 33.6 Å². The van der Waals surface area contributed by atoms with Crippen molar-refractivity contribution in [2.24, 2.45) is 0 Å². The second kappa shape index (κ2) is 10.8. The average molecular weight is 504 g/mol. The fraction of sp³-hybridized carbons (Fsp3) is 0.194. The summed E-state index contributed by atoms with van der Waals surface area (Å²) in [6.45, 7) is 2.62. The first-order valence-electron chi connectivity index (χ1n) is 13.0. The van der Waals surface area contributed by atoms with Crippen LogP contribution in [0.5, 0.6) is 5.75 Å². The van der Waals surface area contributed by atoms with Crippen LogP contribution in [0.4, 0.5) is 11.4 Å². The van der Waals surface area contributed by atoms with E-state index in [2.05, 4.69) is 26.4 Å². The fourth-order valence-corrected chi connectivity index (χ4v) is 4.80. The second-order valence-electron chi connectivity index (χ2n) is 9.49. The van der Waals surface area contributed by atoms with Gasteiger partial charge in [-0.05, 0) is 66.8 Å². The summed E-state index contributed by atoms with van der Waals surface area (Å²) in [5.41, 5.74) is 5.78. The molecule has 1 fully saturated rings. The number of amides is 1. The van der Waals surface area contributed by atoms with E-state index in [4.69, 9.17) is 4.74 Å². The molecule has 3 aromatic carbocycles. The van der Waals surface area contributed by atoms with Gasteiger partial charge in [0.25, 0.3) is 5.91 Å². The third-order valence-corrected chi connectivity index (χ3v) is 6.84. The van der Waals surface area contributed by atoms with Crippen molar-refractivity contribution in [3.8, 4) is 16.9 Å². The fourth-order valence-electron chi connectivity index (χ4n) is 4.80. The standard InChI is InChI=1S/C31H29N5O2/c37-31(33-25-10-7-11-26(20-25)35-17-5-2-6-18-35)29-16-19-36-30(34-29)28(21-32-36)24-12-14-27(15-13-24)38-22-23-8-3-1-4-9-23/h1,3-4,7-16,19-21H,2,5-6,17-18,22H2,(H,33,37). The van der Waals surface area contributed by atoms with E-state index in [0.29, 0.717) is 17.9 Å². The molecule has 0 aliphatic carbocycles. The van der Waals surface area contributed by atoms with Crippen molar-refractivity contribution >= 4 is 22.9 Å². The number of nitrogens with zero attached hydrogens (tertiary/aromatic N) is 4. The Morgan fingerprint density at radius 3 is 2.53 bits per heavy atom. The minimum atomic E-state index is -0.250. The number of ether oxygens (including phenoxy) is 1. The zero-order valence-corrected chi connectivity index (χ0v) is 21.1. The first kappa shape index (κ1) is 23.7. The molecule has 7 nitrogen and oxygen atoms in total. The molecule has 1 aliphatic rings. The van der Waals surface area contributed by atoms with Crippen LogP contribution in [0.15, 0.2) is 97.3 Å². The molecule has 7 heteroatoms. The van der Waals surface area contributed by atoms with Crippen molar-refractivity contribution < 1.29 is 9.53 Å². The molecule has 1 amide bonds. The number of carbonyl (C=O) groups is 1. The maximum absolute atomic E-state index is 13.1. The molecule has 0 spiro atoms. The maximum atomic E-state index is 13.1. The molecule has 3 heterocycles. The number of benzene rings is 3. The van der Waals surface area contributed by atoms with Gasteiger partial charge < -0.3 is 15.0 Å². The summed E-state index contributed by atoms with van der Waals surface area (Å²) in [5.74, 6) is 0.536. The number of aromatic nitrogens is 3. The Kier molecular flexibility index (Phi) is 6.72. The van der Waals surface area contributed by atoms with Crippen molar-refractivity contribution in [2.75, 3.05) is 23.3 Å². The number of anilines is 2. The largest absolute Gasteiger partial charge is 0.489 e. The van der Waals surface area contributed by atoms with E-state index >= 15 is 0 Å². The molecule has 6 rings (SSSR count). The Morgan fingerprint density at radius 2 is 1.71 bits per heavy atom. The molecule has 1 N–H and O–H groups in total. The first-order valence-corrected chi connectivity index (χ1v) is 13.0. The molecule has 0 atom stereocenters. The smallest absolute Gasteiger partial charge is 0.274 e. The van der Waals surface area contributed by atoms with Gasteiger partial charge in [-0.15, -0.1) is 0 Å². The number of hydrogen-bond donors (Lipinski definition) is 1. The minimum absolute atomic E-state index is 0.250. The normalized spacial score (nSPS) is 13.4. The maximum Gasteiger partial charge on any atom is 0.274 e. The zero-order valence-electron chi connectivity index (χ0n) is 21.1. The Bertz CT molecular complexity index is 1540. The predicted octanol–water partition coefficient (Wildman–Crippen LogP) is 6.22. The SMILES string of the molecule is O=C(Nc1cccc(N2CCCCC2)c1)c1ccn2ncc(-c3ccc(OCc4ccccc4)cc3)c2n1. The molecule has 0 saturated carbocycles. The van der Waals surface area contributed by atoms with Crippen molar-refractivity contribution in [1.29, 1.82) is 0 Å². The van der Waals surface area contributed by atoms with E-state index in [9.17, 15) is 4.79 Å². The topological polar surface area (TPSA) is 71.8 Å². The van der Waals surface area contributed by atoms with E-state index < -0.39 is 0 Å². The lowest BCUT2D eigenvalue weighted by Gasteiger charge is -2.29. The molecular formula is C31H29N5O2. The highest BCUT2D eigenvalue weighted by Gasteiger charge is 2.15. The number of rotatable bonds is 7. The summed E-state index contributed by atoms with van der Waals surface area (Å²) in [6, 6.07) is 27.6. The molecule has 190 valence electrons. The van der Waals surface area contributed by atoms with E-state index in [-0.39, 0.29) is 5.91 Å². The lowest BCUT2D eigenvalue weighted by Crippen LogP contribution is -2.29. The number of fused-ring (bicyclic) bond motifs is 1. The molecule has 0 bridgehead atoms. The van der Waals surface area contributed by atoms with Gasteiger partial charge in [0.15, 0.2) is 5.65 Å². The van der Waals surface area contributed by atoms with Crippen LogP contribution in [-0.2, 0) is 6.61 Å². The summed E-state index contributed by atoms with van der Waals surface area (Å²) in [7, 11) is 0. The van der Waals surface area contributed by atoms with Crippen LogP contribution in [0.3, 0.4) is 0 Å². The van der Waals surface area contributed by atoms with Gasteiger partial charge in [0.2, 0.25) is 0 Å². The quantitative estimate of drug-likeness (QED) is 0.286. The van der Waals surface area contributed by atoms with Gasteiger partial charge in [-0.2, -0.15) is 5.10 Å². The van der Waals surface area contributed by atoms with Gasteiger partial charge in [0, 0.05) is 36.2 Å². The van der Waals surface area contributed by atoms with Crippen LogP contribution >= 0.6 is 0 Å². The lowest BCUT2D eigenvalue weighted by atomic mass is 10.1. The average Bonchev–Trinajstić information content (AvgIpc) is 3.41. The number of hydrogen-bond acceptors (Lipinski definition) is 5. The second-order valence-corrected chi connectivity index (χ2v) is 9.49. The lowest BCUT2D eigenvalue weighted by molar-refractivity contribution is 0.102. The van der Waals surface area contributed by atoms with Gasteiger partial charge >= 0.3 is 0 Å². The highest BCUT2D eigenvalue weighted by atomic mass is 16.5. The highest BCUT2D eigenvalue weighted by Crippen LogP contribution is 2.27. The third-order valence-electron chi connectivity index (χ3n) is 6.84. The zero-order chi connectivity index (χ0) is 25.7. The minimum Gasteiger partial charge on any atom is -0.489 e. The summed E-state index contributed by atoms with van der Waals surface area (Å²) in [5, 5.41) is 7.44. The molecule has 0 radical (unpaired) electrons. The highest BCUT2D eigenvalue weighted by molar-refractivity contribution is 6.03. The number of nitrogens with one attached hydrogen (secondary N) is 1. The van der Waals surface area contributed by atoms with Gasteiger partial charge in [-0.1, -0.05) is 48.5 Å². The molecule has 1 aliphatic heterocycles. The first-order chi connectivity index (χ1) is 18.7. The monoisotopic (exact) mass is 503 g/mol. The Hall–Kier alpha value is -4.65. The summed E-state index contributed by atoms with van der Waals surface area (Å²) >= 11 is 0. The summed E-state index contributed by atoms with van der Waals surface area (Å²) < 4.78 is 7.60. The van der Waals surface area contributed by atoms with Crippen LogP contribution in [0.2, 0.25) is 0 Å². The molecule has 38 heavy (non-hydrogen) atoms. The van der Waals surface area contributed by atoms with E-state index in [1.165, 1.54) is 19.3 Å². The van der Waals surface area contributed by atoms with E-state index in [0.717, 1.165) is 46.9 Å². The van der Waals surface area contributed by atoms with Crippen molar-refractivity contribution in [3.05, 3.63) is 109 Å². The van der Waals surface area contributed by atoms with Gasteiger partial charge in [-0.25, -0.2) is 9.50 Å². The number of piperidine rings is 1. The van der Waals surface area contributed by atoms with Gasteiger partial charge in [0.1, 0.15) is 18.1 Å². The predicted molar refractivity (Wildman–Crippen MR) is 150 cm³/mol. The third kappa shape index (κ3) is 5.22. The van der Waals surface area contributed by atoms with Crippen LogP contribution in [0, 0.1) is 0 Å². The molecule has 5 aromatic rings. The molecule has 0 unspecified atom stereocenters. The van der Waals surface area contributed by atoms with Crippen LogP contribution in [0.1, 0.15) is 35.3 Å². The number of carbonyl (C=O) groups excluding carboxylic acids is 1. The van der Waals surface area contributed by atoms with Crippen LogP contribution < -0.4 is 15.0 Å². The Balaban J connectivity index is 1.18. The van der Waals surface area contributed by atoms with E-state index in [1.54, 1.807) is 23.0 Å². The van der Waals surface area contributed by atoms with Gasteiger partial charge in [-0.3, -0.25) is 4.79 Å². The molecule has 1 saturated heterocycles. The molecule has 2 aromatic heterocycles. The van der Waals surface area contributed by atoms with Gasteiger partial charge in [0.05, 0.1) is 6.20 Å². The van der Waals surface area contributed by atoms with Crippen molar-refractivity contribution in [3.63, 3.8) is 0 Å². The Morgan fingerprint density at radius 1 is 0.895 bits per heavy atom. The van der Waals surface area contributed by atoms with Crippen LogP contribution in [0.25, 0.3) is 16.8 Å². The van der Waals surface area contributed by atoms with Crippen molar-refractivity contribution in [1.82, 2.24) is 14.6 Å². The summed E-state index contributed by atoms with van der Waals surface area (Å²) in [4.78, 5) is 20.2. The Labute approximate surface area is 221 Å². The summed E-state index contributed by atoms with van der Waals surface area (Å²) in [6.07, 6.45) is 7.23. The van der Waals surface area contributed by atoms with Crippen molar-refractivity contribution in [2.45, 2.75) is 25.9 Å². The van der Waals surface area contributed by atoms with E-state index in [1.807, 2.05) is 72.8 Å². The molecular weight excluding hydrogens is 474 g/mol.